The van der Waals surface area contributed by atoms with Crippen LogP contribution >= 0.6 is 0 Å². The Morgan fingerprint density at radius 3 is 2.07 bits per heavy atom. The molecule has 0 N–H and O–H groups in total. The van der Waals surface area contributed by atoms with Crippen LogP contribution in [0.25, 0.3) is 0 Å². The second-order valence-corrected chi connectivity index (χ2v) is 4.45. The fourth-order valence-corrected chi connectivity index (χ4v) is 1.26. The molecular formula is C14H18Ru. The first-order valence-electron chi connectivity index (χ1n) is 5.10. The summed E-state index contributed by atoms with van der Waals surface area (Å²) in [5, 5.41) is 0. The van der Waals surface area contributed by atoms with E-state index in [1.807, 2.05) is 12.2 Å². The van der Waals surface area contributed by atoms with E-state index in [4.69, 9.17) is 0 Å². The van der Waals surface area contributed by atoms with E-state index in [1.165, 1.54) is 5.57 Å². The van der Waals surface area contributed by atoms with Crippen LogP contribution < -0.4 is 0 Å². The standard InChI is InChI=1S/C9H13.C5H5.Ru/c1-9(2,3)8-6-4-5-7-8;1-2-4-5-3-1;/h4,6H,5H2,1-3H3;1-3H,4H2;/q2*-1;+2. The van der Waals surface area contributed by atoms with Crippen LogP contribution in [0, 0.1) is 17.6 Å². The van der Waals surface area contributed by atoms with Crippen molar-refractivity contribution in [3.05, 3.63) is 48.1 Å². The molecule has 0 bridgehead atoms. The van der Waals surface area contributed by atoms with Gasteiger partial charge < -0.3 is 0 Å². The van der Waals surface area contributed by atoms with Crippen molar-refractivity contribution in [2.75, 3.05) is 0 Å². The summed E-state index contributed by atoms with van der Waals surface area (Å²) < 4.78 is 0. The van der Waals surface area contributed by atoms with Crippen LogP contribution in [0.15, 0.2) is 36.0 Å². The second-order valence-electron chi connectivity index (χ2n) is 4.45. The molecule has 0 atom stereocenters. The van der Waals surface area contributed by atoms with Crippen molar-refractivity contribution < 1.29 is 19.5 Å². The predicted octanol–water partition coefficient (Wildman–Crippen LogP) is 4.03. The maximum Gasteiger partial charge on any atom is 2.00 e. The quantitative estimate of drug-likeness (QED) is 0.466. The normalized spacial score (nSPS) is 16.9. The fourth-order valence-electron chi connectivity index (χ4n) is 1.26. The first-order valence-corrected chi connectivity index (χ1v) is 5.10. The Balaban J connectivity index is 0.000000280. The summed E-state index contributed by atoms with van der Waals surface area (Å²) in [6.07, 6.45) is 18.6. The van der Waals surface area contributed by atoms with Gasteiger partial charge in [-0.2, -0.15) is 12.2 Å². The van der Waals surface area contributed by atoms with Crippen molar-refractivity contribution >= 4 is 0 Å². The molecule has 2 rings (SSSR count). The largest absolute Gasteiger partial charge is 2.00 e. The van der Waals surface area contributed by atoms with E-state index < -0.39 is 0 Å². The molecule has 0 radical (unpaired) electrons. The third-order valence-electron chi connectivity index (χ3n) is 2.09. The van der Waals surface area contributed by atoms with E-state index in [0.717, 1.165) is 12.8 Å². The molecule has 82 valence electrons. The summed E-state index contributed by atoms with van der Waals surface area (Å²) in [6.45, 7) is 6.64. The topological polar surface area (TPSA) is 0 Å². The zero-order valence-electron chi connectivity index (χ0n) is 9.65. The van der Waals surface area contributed by atoms with Gasteiger partial charge in [-0.1, -0.05) is 20.8 Å². The van der Waals surface area contributed by atoms with Gasteiger partial charge in [0.1, 0.15) is 0 Å². The van der Waals surface area contributed by atoms with Gasteiger partial charge in [-0.3, -0.25) is 12.2 Å². The average Bonchev–Trinajstić information content (AvgIpc) is 2.80. The number of hydrogen-bond acceptors (Lipinski definition) is 0. The Morgan fingerprint density at radius 2 is 1.87 bits per heavy atom. The minimum absolute atomic E-state index is 0. The Kier molecular flexibility index (Phi) is 6.76. The van der Waals surface area contributed by atoms with Gasteiger partial charge in [0.15, 0.2) is 0 Å². The van der Waals surface area contributed by atoms with E-state index in [2.05, 4.69) is 51.2 Å². The summed E-state index contributed by atoms with van der Waals surface area (Å²) in [6, 6.07) is 0. The maximum absolute atomic E-state index is 3.30. The fraction of sp³-hybridized carbons (Fsp3) is 0.429. The number of rotatable bonds is 0. The van der Waals surface area contributed by atoms with Crippen LogP contribution in [-0.2, 0) is 19.5 Å². The van der Waals surface area contributed by atoms with Crippen LogP contribution in [0.5, 0.6) is 0 Å². The molecule has 0 aliphatic heterocycles. The zero-order valence-corrected chi connectivity index (χ0v) is 11.4. The van der Waals surface area contributed by atoms with Gasteiger partial charge in [-0.15, -0.1) is 12.8 Å². The summed E-state index contributed by atoms with van der Waals surface area (Å²) in [5.41, 5.74) is 1.65. The summed E-state index contributed by atoms with van der Waals surface area (Å²) in [7, 11) is 0. The second kappa shape index (κ2) is 6.96. The van der Waals surface area contributed by atoms with Crippen molar-refractivity contribution in [3.8, 4) is 0 Å². The molecule has 0 aromatic carbocycles. The molecule has 2 aliphatic carbocycles. The van der Waals surface area contributed by atoms with Crippen molar-refractivity contribution in [1.82, 2.24) is 0 Å². The van der Waals surface area contributed by atoms with Crippen molar-refractivity contribution in [2.45, 2.75) is 33.6 Å². The molecule has 0 heterocycles. The van der Waals surface area contributed by atoms with Gasteiger partial charge in [0.25, 0.3) is 0 Å². The predicted molar refractivity (Wildman–Crippen MR) is 61.5 cm³/mol. The molecule has 1 heteroatoms. The van der Waals surface area contributed by atoms with Gasteiger partial charge in [0, 0.05) is 0 Å². The third-order valence-corrected chi connectivity index (χ3v) is 2.09. The average molecular weight is 287 g/mol. The molecule has 0 fully saturated rings. The van der Waals surface area contributed by atoms with Crippen molar-refractivity contribution in [1.29, 1.82) is 0 Å². The molecule has 0 unspecified atom stereocenters. The molecule has 0 saturated carbocycles. The smallest absolute Gasteiger partial charge is 0.273 e. The van der Waals surface area contributed by atoms with E-state index in [-0.39, 0.29) is 19.5 Å². The van der Waals surface area contributed by atoms with Gasteiger partial charge in [0.05, 0.1) is 0 Å². The van der Waals surface area contributed by atoms with Gasteiger partial charge >= 0.3 is 19.5 Å². The van der Waals surface area contributed by atoms with Gasteiger partial charge in [-0.25, -0.2) is 23.8 Å². The maximum atomic E-state index is 3.30. The Labute approximate surface area is 107 Å². The van der Waals surface area contributed by atoms with Gasteiger partial charge in [0.2, 0.25) is 0 Å². The molecule has 15 heavy (non-hydrogen) atoms. The van der Waals surface area contributed by atoms with E-state index >= 15 is 0 Å². The summed E-state index contributed by atoms with van der Waals surface area (Å²) >= 11 is 0. The molecule has 0 saturated heterocycles. The first kappa shape index (κ1) is 14.6. The van der Waals surface area contributed by atoms with Gasteiger partial charge in [-0.05, 0) is 5.41 Å². The van der Waals surface area contributed by atoms with Crippen LogP contribution in [0.3, 0.4) is 0 Å². The minimum Gasteiger partial charge on any atom is -0.273 e. The number of allylic oxidation sites excluding steroid dienone is 8. The zero-order chi connectivity index (χ0) is 10.4. The molecule has 0 spiro atoms. The van der Waals surface area contributed by atoms with E-state index in [1.54, 1.807) is 0 Å². The molecular weight excluding hydrogens is 269 g/mol. The van der Waals surface area contributed by atoms with E-state index in [9.17, 15) is 0 Å². The summed E-state index contributed by atoms with van der Waals surface area (Å²) in [5.74, 6) is 0. The number of hydrogen-bond donors (Lipinski definition) is 0. The first-order chi connectivity index (χ1) is 6.61. The molecule has 0 aromatic rings. The van der Waals surface area contributed by atoms with Crippen LogP contribution in [-0.4, -0.2) is 0 Å². The Hall–Kier alpha value is -0.417. The Morgan fingerprint density at radius 1 is 1.13 bits per heavy atom. The molecule has 0 aromatic heterocycles. The SMILES string of the molecule is CC(C)(C)C1=[C-]CC=C1.[C-]1=CC=CC1.[Ru+2]. The monoisotopic (exact) mass is 288 g/mol. The molecule has 0 amide bonds. The van der Waals surface area contributed by atoms with E-state index in [0.29, 0.717) is 5.41 Å². The van der Waals surface area contributed by atoms with Crippen LogP contribution in [0.4, 0.5) is 0 Å². The minimum atomic E-state index is 0. The van der Waals surface area contributed by atoms with Crippen molar-refractivity contribution in [2.24, 2.45) is 5.41 Å². The molecule has 0 nitrogen and oxygen atoms in total. The van der Waals surface area contributed by atoms with Crippen LogP contribution in [0.1, 0.15) is 33.6 Å². The summed E-state index contributed by atoms with van der Waals surface area (Å²) in [4.78, 5) is 0. The Bertz CT molecular complexity index is 275. The van der Waals surface area contributed by atoms with Crippen LogP contribution in [0.2, 0.25) is 0 Å². The third kappa shape index (κ3) is 5.89. The van der Waals surface area contributed by atoms with Crippen molar-refractivity contribution in [3.63, 3.8) is 0 Å². The molecule has 2 aliphatic rings.